The molecule has 0 aliphatic carbocycles. The Morgan fingerprint density at radius 2 is 1.50 bits per heavy atom. The molecule has 0 N–H and O–H groups in total. The molecule has 116 valence electrons. The second-order valence-electron chi connectivity index (χ2n) is 4.58. The van der Waals surface area contributed by atoms with Crippen LogP contribution in [0.25, 0.3) is 17.2 Å². The van der Waals surface area contributed by atoms with Gasteiger partial charge in [0, 0.05) is 19.8 Å². The maximum absolute atomic E-state index is 5.50. The lowest BCUT2D eigenvalue weighted by atomic mass is 10.0. The van der Waals surface area contributed by atoms with Gasteiger partial charge in [-0.3, -0.25) is 0 Å². The third-order valence-corrected chi connectivity index (χ3v) is 3.09. The summed E-state index contributed by atoms with van der Waals surface area (Å²) in [6, 6.07) is 13.8. The summed E-state index contributed by atoms with van der Waals surface area (Å²) in [6.45, 7) is 4.28. The predicted molar refractivity (Wildman–Crippen MR) is 87.0 cm³/mol. The lowest BCUT2D eigenvalue weighted by molar-refractivity contribution is 0.0508. The molecule has 2 aromatic carbocycles. The van der Waals surface area contributed by atoms with Crippen molar-refractivity contribution in [2.24, 2.45) is 0 Å². The van der Waals surface area contributed by atoms with E-state index in [1.807, 2.05) is 42.5 Å². The van der Waals surface area contributed by atoms with Gasteiger partial charge in [0.15, 0.2) is 13.6 Å². The Morgan fingerprint density at radius 3 is 2.14 bits per heavy atom. The number of benzene rings is 2. The molecule has 4 nitrogen and oxygen atoms in total. The first-order chi connectivity index (χ1) is 10.8. The molecule has 0 amide bonds. The summed E-state index contributed by atoms with van der Waals surface area (Å²) < 4.78 is 20.7. The quantitative estimate of drug-likeness (QED) is 0.691. The zero-order valence-corrected chi connectivity index (χ0v) is 12.9. The van der Waals surface area contributed by atoms with Gasteiger partial charge in [-0.05, 0) is 35.4 Å². The fourth-order valence-corrected chi connectivity index (χ4v) is 2.01. The van der Waals surface area contributed by atoms with Crippen LogP contribution in [0, 0.1) is 0 Å². The first-order valence-corrected chi connectivity index (χ1v) is 6.89. The molecular weight excluding hydrogens is 280 g/mol. The van der Waals surface area contributed by atoms with Crippen LogP contribution < -0.4 is 9.47 Å². The van der Waals surface area contributed by atoms with E-state index in [4.69, 9.17) is 18.9 Å². The second-order valence-corrected chi connectivity index (χ2v) is 4.58. The van der Waals surface area contributed by atoms with E-state index < -0.39 is 0 Å². The van der Waals surface area contributed by atoms with Crippen LogP contribution in [0.15, 0.2) is 49.0 Å². The Labute approximate surface area is 130 Å². The van der Waals surface area contributed by atoms with E-state index in [-0.39, 0.29) is 13.6 Å². The lowest BCUT2D eigenvalue weighted by Gasteiger charge is -2.11. The fraction of sp³-hybridized carbons (Fsp3) is 0.222. The SMILES string of the molecule is C=Cc1cc(-c2ccc(OCOC)cc2)ccc1OCOC. The zero-order chi connectivity index (χ0) is 15.8. The van der Waals surface area contributed by atoms with Crippen molar-refractivity contribution in [3.05, 3.63) is 54.6 Å². The molecule has 0 bridgehead atoms. The predicted octanol–water partition coefficient (Wildman–Crippen LogP) is 3.96. The molecular formula is C18H20O4. The Kier molecular flexibility index (Phi) is 6.01. The third-order valence-electron chi connectivity index (χ3n) is 3.09. The molecule has 22 heavy (non-hydrogen) atoms. The molecule has 0 heterocycles. The average molecular weight is 300 g/mol. The summed E-state index contributed by atoms with van der Waals surface area (Å²) in [7, 11) is 3.19. The molecule has 0 radical (unpaired) electrons. The minimum atomic E-state index is 0.214. The minimum absolute atomic E-state index is 0.214. The molecule has 0 spiro atoms. The van der Waals surface area contributed by atoms with Crippen LogP contribution in [0.5, 0.6) is 11.5 Å². The zero-order valence-electron chi connectivity index (χ0n) is 12.9. The number of rotatable bonds is 8. The van der Waals surface area contributed by atoms with E-state index in [0.29, 0.717) is 0 Å². The van der Waals surface area contributed by atoms with Gasteiger partial charge in [-0.15, -0.1) is 0 Å². The van der Waals surface area contributed by atoms with Crippen molar-refractivity contribution in [1.29, 1.82) is 0 Å². The number of hydrogen-bond acceptors (Lipinski definition) is 4. The van der Waals surface area contributed by atoms with Crippen LogP contribution in [0.3, 0.4) is 0 Å². The molecule has 0 atom stereocenters. The third kappa shape index (κ3) is 4.10. The first-order valence-electron chi connectivity index (χ1n) is 6.89. The Morgan fingerprint density at radius 1 is 0.864 bits per heavy atom. The fourth-order valence-electron chi connectivity index (χ4n) is 2.01. The number of hydrogen-bond donors (Lipinski definition) is 0. The van der Waals surface area contributed by atoms with Crippen LogP contribution in [0.2, 0.25) is 0 Å². The van der Waals surface area contributed by atoms with E-state index in [1.54, 1.807) is 20.3 Å². The highest BCUT2D eigenvalue weighted by molar-refractivity contribution is 5.70. The summed E-state index contributed by atoms with van der Waals surface area (Å²) in [5.74, 6) is 1.52. The van der Waals surface area contributed by atoms with Gasteiger partial charge in [-0.2, -0.15) is 0 Å². The number of ether oxygens (including phenoxy) is 4. The summed E-state index contributed by atoms with van der Waals surface area (Å²) in [5, 5.41) is 0. The van der Waals surface area contributed by atoms with Crippen molar-refractivity contribution in [1.82, 2.24) is 0 Å². The standard InChI is InChI=1S/C18H20O4/c1-4-14-11-16(7-10-18(14)22-13-20-3)15-5-8-17(9-6-15)21-12-19-2/h4-11H,1,12-13H2,2-3H3. The maximum Gasteiger partial charge on any atom is 0.188 e. The van der Waals surface area contributed by atoms with Gasteiger partial charge in [0.05, 0.1) is 0 Å². The minimum Gasteiger partial charge on any atom is -0.468 e. The van der Waals surface area contributed by atoms with E-state index in [1.165, 1.54) is 0 Å². The molecule has 0 aliphatic heterocycles. The smallest absolute Gasteiger partial charge is 0.188 e. The van der Waals surface area contributed by atoms with Gasteiger partial charge in [0.1, 0.15) is 11.5 Å². The number of methoxy groups -OCH3 is 2. The van der Waals surface area contributed by atoms with Crippen LogP contribution >= 0.6 is 0 Å². The Hall–Kier alpha value is -2.30. The van der Waals surface area contributed by atoms with E-state index in [0.717, 1.165) is 28.2 Å². The molecule has 4 heteroatoms. The van der Waals surface area contributed by atoms with Gasteiger partial charge in [0.2, 0.25) is 0 Å². The second kappa shape index (κ2) is 8.22. The molecule has 2 rings (SSSR count). The summed E-state index contributed by atoms with van der Waals surface area (Å²) in [5.41, 5.74) is 3.10. The van der Waals surface area contributed by atoms with Crippen molar-refractivity contribution in [3.63, 3.8) is 0 Å². The van der Waals surface area contributed by atoms with Crippen molar-refractivity contribution >= 4 is 6.08 Å². The van der Waals surface area contributed by atoms with E-state index >= 15 is 0 Å². The summed E-state index contributed by atoms with van der Waals surface area (Å²) in [4.78, 5) is 0. The highest BCUT2D eigenvalue weighted by Crippen LogP contribution is 2.28. The van der Waals surface area contributed by atoms with Crippen LogP contribution in [0.4, 0.5) is 0 Å². The van der Waals surface area contributed by atoms with Crippen LogP contribution in [-0.2, 0) is 9.47 Å². The maximum atomic E-state index is 5.50. The van der Waals surface area contributed by atoms with E-state index in [9.17, 15) is 0 Å². The molecule has 2 aromatic rings. The highest BCUT2D eigenvalue weighted by Gasteiger charge is 2.05. The van der Waals surface area contributed by atoms with Gasteiger partial charge >= 0.3 is 0 Å². The average Bonchev–Trinajstić information content (AvgIpc) is 2.58. The topological polar surface area (TPSA) is 36.9 Å². The van der Waals surface area contributed by atoms with Gasteiger partial charge < -0.3 is 18.9 Å². The van der Waals surface area contributed by atoms with Crippen molar-refractivity contribution in [2.75, 3.05) is 27.8 Å². The van der Waals surface area contributed by atoms with Gasteiger partial charge in [-0.1, -0.05) is 30.9 Å². The normalized spacial score (nSPS) is 10.3. The molecule has 0 fully saturated rings. The van der Waals surface area contributed by atoms with Crippen molar-refractivity contribution in [3.8, 4) is 22.6 Å². The summed E-state index contributed by atoms with van der Waals surface area (Å²) in [6.07, 6.45) is 1.77. The van der Waals surface area contributed by atoms with Gasteiger partial charge in [0.25, 0.3) is 0 Å². The monoisotopic (exact) mass is 300 g/mol. The van der Waals surface area contributed by atoms with E-state index in [2.05, 4.69) is 6.58 Å². The van der Waals surface area contributed by atoms with Gasteiger partial charge in [-0.25, -0.2) is 0 Å². The van der Waals surface area contributed by atoms with Crippen LogP contribution in [-0.4, -0.2) is 27.8 Å². The molecule has 0 aromatic heterocycles. The first kappa shape index (κ1) is 16.1. The molecule has 0 saturated heterocycles. The molecule has 0 saturated carbocycles. The largest absolute Gasteiger partial charge is 0.468 e. The molecule has 0 aliphatic rings. The summed E-state index contributed by atoms with van der Waals surface area (Å²) >= 11 is 0. The van der Waals surface area contributed by atoms with Crippen LogP contribution in [0.1, 0.15) is 5.56 Å². The van der Waals surface area contributed by atoms with Crippen molar-refractivity contribution in [2.45, 2.75) is 0 Å². The van der Waals surface area contributed by atoms with Crippen molar-refractivity contribution < 1.29 is 18.9 Å². The Balaban J connectivity index is 2.19. The Bertz CT molecular complexity index is 605. The molecule has 0 unspecified atom stereocenters. The lowest BCUT2D eigenvalue weighted by Crippen LogP contribution is -2.00. The highest BCUT2D eigenvalue weighted by atomic mass is 16.7.